The van der Waals surface area contributed by atoms with Gasteiger partial charge in [0.25, 0.3) is 0 Å². The minimum absolute atomic E-state index is 0.0158. The molecule has 5 heteroatoms. The maximum atomic E-state index is 11.7. The number of rotatable bonds is 3. The van der Waals surface area contributed by atoms with Gasteiger partial charge >= 0.3 is 5.97 Å². The summed E-state index contributed by atoms with van der Waals surface area (Å²) < 4.78 is 5.07. The van der Waals surface area contributed by atoms with Crippen LogP contribution in [-0.4, -0.2) is 54.6 Å². The summed E-state index contributed by atoms with van der Waals surface area (Å²) in [7, 11) is 0. The van der Waals surface area contributed by atoms with Gasteiger partial charge < -0.3 is 4.74 Å². The first-order valence-corrected chi connectivity index (χ1v) is 7.93. The third kappa shape index (κ3) is 3.23. The van der Waals surface area contributed by atoms with Gasteiger partial charge in [0.1, 0.15) is 6.04 Å². The SMILES string of the molecule is C[C@H](c1ccc(Cl)cc1)N1CCN([C@H]2CCOC2=O)CC1. The van der Waals surface area contributed by atoms with Gasteiger partial charge in [-0.2, -0.15) is 0 Å². The zero-order chi connectivity index (χ0) is 14.8. The summed E-state index contributed by atoms with van der Waals surface area (Å²) in [5.74, 6) is -0.0470. The fraction of sp³-hybridized carbons (Fsp3) is 0.562. The lowest BCUT2D eigenvalue weighted by molar-refractivity contribution is -0.142. The number of carbonyl (C=O) groups excluding carboxylic acids is 1. The van der Waals surface area contributed by atoms with Gasteiger partial charge in [-0.05, 0) is 24.6 Å². The van der Waals surface area contributed by atoms with Crippen LogP contribution in [0.15, 0.2) is 24.3 Å². The van der Waals surface area contributed by atoms with Gasteiger partial charge in [0.15, 0.2) is 0 Å². The number of esters is 1. The first-order valence-electron chi connectivity index (χ1n) is 7.55. The molecule has 21 heavy (non-hydrogen) atoms. The van der Waals surface area contributed by atoms with Crippen LogP contribution in [0.25, 0.3) is 0 Å². The van der Waals surface area contributed by atoms with E-state index in [-0.39, 0.29) is 12.0 Å². The van der Waals surface area contributed by atoms with Gasteiger partial charge in [0.05, 0.1) is 6.61 Å². The normalized spacial score (nSPS) is 25.8. The van der Waals surface area contributed by atoms with Crippen molar-refractivity contribution in [2.24, 2.45) is 0 Å². The van der Waals surface area contributed by atoms with E-state index in [4.69, 9.17) is 16.3 Å². The van der Waals surface area contributed by atoms with Gasteiger partial charge in [0, 0.05) is 43.7 Å². The van der Waals surface area contributed by atoms with Crippen LogP contribution in [0.3, 0.4) is 0 Å². The molecule has 2 saturated heterocycles. The van der Waals surface area contributed by atoms with Crippen molar-refractivity contribution in [3.8, 4) is 0 Å². The number of piperazine rings is 1. The number of carbonyl (C=O) groups is 1. The van der Waals surface area contributed by atoms with Gasteiger partial charge in [-0.3, -0.25) is 14.6 Å². The molecule has 1 aromatic carbocycles. The maximum absolute atomic E-state index is 11.7. The van der Waals surface area contributed by atoms with E-state index < -0.39 is 0 Å². The van der Waals surface area contributed by atoms with Crippen molar-refractivity contribution in [2.75, 3.05) is 32.8 Å². The first kappa shape index (κ1) is 14.8. The van der Waals surface area contributed by atoms with Crippen LogP contribution in [-0.2, 0) is 9.53 Å². The number of nitrogens with zero attached hydrogens (tertiary/aromatic N) is 2. The number of cyclic esters (lactones) is 1. The Bertz CT molecular complexity index is 498. The molecule has 3 rings (SSSR count). The molecule has 0 spiro atoms. The van der Waals surface area contributed by atoms with Crippen LogP contribution in [0.1, 0.15) is 24.9 Å². The Labute approximate surface area is 130 Å². The molecule has 2 aliphatic heterocycles. The van der Waals surface area contributed by atoms with Crippen LogP contribution in [0, 0.1) is 0 Å². The highest BCUT2D eigenvalue weighted by Gasteiger charge is 2.34. The van der Waals surface area contributed by atoms with Gasteiger partial charge in [-0.1, -0.05) is 23.7 Å². The zero-order valence-electron chi connectivity index (χ0n) is 12.3. The Balaban J connectivity index is 1.57. The summed E-state index contributed by atoms with van der Waals surface area (Å²) in [6.45, 7) is 6.62. The predicted molar refractivity (Wildman–Crippen MR) is 82.4 cm³/mol. The molecule has 0 saturated carbocycles. The highest BCUT2D eigenvalue weighted by molar-refractivity contribution is 6.30. The Hall–Kier alpha value is -1.10. The van der Waals surface area contributed by atoms with Gasteiger partial charge in [-0.25, -0.2) is 0 Å². The number of benzene rings is 1. The lowest BCUT2D eigenvalue weighted by Gasteiger charge is -2.39. The van der Waals surface area contributed by atoms with Crippen molar-refractivity contribution in [3.63, 3.8) is 0 Å². The Morgan fingerprint density at radius 3 is 2.43 bits per heavy atom. The largest absolute Gasteiger partial charge is 0.464 e. The number of ether oxygens (including phenoxy) is 1. The van der Waals surface area contributed by atoms with Crippen LogP contribution < -0.4 is 0 Å². The maximum Gasteiger partial charge on any atom is 0.323 e. The molecule has 0 bridgehead atoms. The van der Waals surface area contributed by atoms with E-state index in [1.54, 1.807) is 0 Å². The summed E-state index contributed by atoms with van der Waals surface area (Å²) >= 11 is 5.94. The van der Waals surface area contributed by atoms with E-state index in [0.717, 1.165) is 37.6 Å². The molecule has 2 heterocycles. The average molecular weight is 309 g/mol. The third-order valence-electron chi connectivity index (χ3n) is 4.60. The summed E-state index contributed by atoms with van der Waals surface area (Å²) in [5, 5.41) is 0.774. The van der Waals surface area contributed by atoms with Crippen LogP contribution in [0.4, 0.5) is 0 Å². The van der Waals surface area contributed by atoms with Crippen LogP contribution in [0.5, 0.6) is 0 Å². The minimum Gasteiger partial charge on any atom is -0.464 e. The molecule has 0 aliphatic carbocycles. The molecule has 2 atom stereocenters. The van der Waals surface area contributed by atoms with E-state index in [2.05, 4.69) is 28.9 Å². The molecular formula is C16H21ClN2O2. The van der Waals surface area contributed by atoms with Crippen molar-refractivity contribution in [1.29, 1.82) is 0 Å². The van der Waals surface area contributed by atoms with E-state index in [0.29, 0.717) is 12.6 Å². The monoisotopic (exact) mass is 308 g/mol. The Kier molecular flexibility index (Phi) is 4.48. The molecule has 0 N–H and O–H groups in total. The highest BCUT2D eigenvalue weighted by atomic mass is 35.5. The van der Waals surface area contributed by atoms with E-state index in [1.807, 2.05) is 12.1 Å². The second-order valence-corrected chi connectivity index (χ2v) is 6.21. The molecule has 0 aromatic heterocycles. The van der Waals surface area contributed by atoms with Crippen molar-refractivity contribution in [3.05, 3.63) is 34.9 Å². The van der Waals surface area contributed by atoms with Gasteiger partial charge in [-0.15, -0.1) is 0 Å². The molecule has 0 unspecified atom stereocenters. The minimum atomic E-state index is -0.0470. The second kappa shape index (κ2) is 6.34. The summed E-state index contributed by atoms with van der Waals surface area (Å²) in [5.41, 5.74) is 1.29. The predicted octanol–water partition coefficient (Wildman–Crippen LogP) is 2.33. The van der Waals surface area contributed by atoms with Crippen molar-refractivity contribution < 1.29 is 9.53 Å². The molecule has 0 radical (unpaired) electrons. The quantitative estimate of drug-likeness (QED) is 0.802. The van der Waals surface area contributed by atoms with Crippen LogP contribution >= 0.6 is 11.6 Å². The molecule has 4 nitrogen and oxygen atoms in total. The summed E-state index contributed by atoms with van der Waals surface area (Å²) in [6.07, 6.45) is 0.839. The topological polar surface area (TPSA) is 32.8 Å². The smallest absolute Gasteiger partial charge is 0.323 e. The molecule has 2 aliphatic rings. The van der Waals surface area contributed by atoms with Gasteiger partial charge in [0.2, 0.25) is 0 Å². The van der Waals surface area contributed by atoms with E-state index in [9.17, 15) is 4.79 Å². The first-order chi connectivity index (χ1) is 10.1. The molecule has 1 aromatic rings. The summed E-state index contributed by atoms with van der Waals surface area (Å²) in [6, 6.07) is 8.43. The number of hydrogen-bond acceptors (Lipinski definition) is 4. The van der Waals surface area contributed by atoms with Crippen molar-refractivity contribution in [1.82, 2.24) is 9.80 Å². The number of hydrogen-bond donors (Lipinski definition) is 0. The lowest BCUT2D eigenvalue weighted by atomic mass is 10.1. The second-order valence-electron chi connectivity index (χ2n) is 5.77. The molecule has 2 fully saturated rings. The highest BCUT2D eigenvalue weighted by Crippen LogP contribution is 2.24. The molecule has 114 valence electrons. The van der Waals surface area contributed by atoms with Crippen molar-refractivity contribution in [2.45, 2.75) is 25.4 Å². The summed E-state index contributed by atoms with van der Waals surface area (Å²) in [4.78, 5) is 16.4. The standard InChI is InChI=1S/C16H21ClN2O2/c1-12(13-2-4-14(17)5-3-13)18-7-9-19(10-8-18)15-6-11-21-16(15)20/h2-5,12,15H,6-11H2,1H3/t12-,15+/m1/s1. The number of halogens is 1. The average Bonchev–Trinajstić information content (AvgIpc) is 2.94. The lowest BCUT2D eigenvalue weighted by Crippen LogP contribution is -2.52. The fourth-order valence-corrected chi connectivity index (χ4v) is 3.33. The van der Waals surface area contributed by atoms with E-state index in [1.165, 1.54) is 5.56 Å². The molecular weight excluding hydrogens is 288 g/mol. The van der Waals surface area contributed by atoms with E-state index >= 15 is 0 Å². The third-order valence-corrected chi connectivity index (χ3v) is 4.85. The zero-order valence-corrected chi connectivity index (χ0v) is 13.1. The van der Waals surface area contributed by atoms with Crippen LogP contribution in [0.2, 0.25) is 5.02 Å². The Morgan fingerprint density at radius 1 is 1.19 bits per heavy atom. The Morgan fingerprint density at radius 2 is 1.86 bits per heavy atom. The fourth-order valence-electron chi connectivity index (χ4n) is 3.21. The van der Waals surface area contributed by atoms with Crippen molar-refractivity contribution >= 4 is 17.6 Å². The molecule has 0 amide bonds.